The molecule has 2 aromatic heterocycles. The van der Waals surface area contributed by atoms with Crippen molar-refractivity contribution in [1.29, 1.82) is 0 Å². The third kappa shape index (κ3) is 3.82. The summed E-state index contributed by atoms with van der Waals surface area (Å²) >= 11 is 0. The Kier molecular flexibility index (Phi) is 5.65. The number of amides is 1. The summed E-state index contributed by atoms with van der Waals surface area (Å²) in [4.78, 5) is 25.8. The van der Waals surface area contributed by atoms with E-state index in [1.165, 1.54) is 10.7 Å². The standard InChI is InChI=1S/C25H25FN4O2/c1-15-8-7-9-16(2)24(15)28-22(31)14-30-25(32)23-18(4)29(17(3)20(23)12-27-30)13-19-10-5-6-11-21(19)26/h5-12H,13-14H2,1-4H3,(H,28,31). The number of nitrogens with one attached hydrogen (secondary N) is 1. The van der Waals surface area contributed by atoms with Crippen LogP contribution in [0.2, 0.25) is 0 Å². The molecule has 1 amide bonds. The monoisotopic (exact) mass is 432 g/mol. The average molecular weight is 432 g/mol. The van der Waals surface area contributed by atoms with Crippen molar-refractivity contribution in [2.24, 2.45) is 0 Å². The molecule has 4 aromatic rings. The number of halogens is 1. The highest BCUT2D eigenvalue weighted by Gasteiger charge is 2.18. The third-order valence-electron chi connectivity index (χ3n) is 5.93. The van der Waals surface area contributed by atoms with Crippen LogP contribution in [0.5, 0.6) is 0 Å². The predicted octanol–water partition coefficient (Wildman–Crippen LogP) is 4.26. The number of fused-ring (bicyclic) bond motifs is 1. The molecule has 32 heavy (non-hydrogen) atoms. The van der Waals surface area contributed by atoms with Gasteiger partial charge in [0.2, 0.25) is 5.91 Å². The lowest BCUT2D eigenvalue weighted by Gasteiger charge is -2.12. The van der Waals surface area contributed by atoms with Crippen molar-refractivity contribution in [3.8, 4) is 0 Å². The van der Waals surface area contributed by atoms with Crippen molar-refractivity contribution >= 4 is 22.4 Å². The molecule has 0 aliphatic carbocycles. The summed E-state index contributed by atoms with van der Waals surface area (Å²) in [5.41, 5.74) is 4.40. The van der Waals surface area contributed by atoms with Crippen LogP contribution >= 0.6 is 0 Å². The Bertz CT molecular complexity index is 1380. The second kappa shape index (κ2) is 8.42. The lowest BCUT2D eigenvalue weighted by Crippen LogP contribution is -2.30. The molecule has 0 aliphatic rings. The fourth-order valence-electron chi connectivity index (χ4n) is 4.12. The first-order valence-corrected chi connectivity index (χ1v) is 10.4. The Morgan fingerprint density at radius 2 is 1.69 bits per heavy atom. The average Bonchev–Trinajstić information content (AvgIpc) is 2.99. The first-order chi connectivity index (χ1) is 15.3. The second-order valence-electron chi connectivity index (χ2n) is 8.06. The quantitative estimate of drug-likeness (QED) is 0.512. The molecule has 0 fully saturated rings. The molecule has 6 nitrogen and oxygen atoms in total. The first kappa shape index (κ1) is 21.5. The Labute approximate surface area is 185 Å². The van der Waals surface area contributed by atoms with Gasteiger partial charge in [-0.25, -0.2) is 9.07 Å². The van der Waals surface area contributed by atoms with Crippen molar-refractivity contribution in [1.82, 2.24) is 14.3 Å². The van der Waals surface area contributed by atoms with Crippen LogP contribution in [-0.4, -0.2) is 20.3 Å². The Morgan fingerprint density at radius 3 is 2.38 bits per heavy atom. The molecule has 0 spiro atoms. The van der Waals surface area contributed by atoms with E-state index in [1.807, 2.05) is 50.5 Å². The van der Waals surface area contributed by atoms with Gasteiger partial charge >= 0.3 is 0 Å². The Balaban J connectivity index is 1.67. The van der Waals surface area contributed by atoms with Crippen LogP contribution in [0.3, 0.4) is 0 Å². The smallest absolute Gasteiger partial charge is 0.276 e. The maximum atomic E-state index is 14.2. The molecule has 1 N–H and O–H groups in total. The number of hydrogen-bond acceptors (Lipinski definition) is 3. The van der Waals surface area contributed by atoms with E-state index in [9.17, 15) is 14.0 Å². The fraction of sp³-hybridized carbons (Fsp3) is 0.240. The predicted molar refractivity (Wildman–Crippen MR) is 124 cm³/mol. The highest BCUT2D eigenvalue weighted by atomic mass is 19.1. The van der Waals surface area contributed by atoms with Crippen molar-refractivity contribution in [3.63, 3.8) is 0 Å². The first-order valence-electron chi connectivity index (χ1n) is 10.4. The van der Waals surface area contributed by atoms with Crippen molar-refractivity contribution < 1.29 is 9.18 Å². The van der Waals surface area contributed by atoms with Crippen LogP contribution in [0.15, 0.2) is 53.5 Å². The lowest BCUT2D eigenvalue weighted by molar-refractivity contribution is -0.117. The molecule has 0 saturated carbocycles. The zero-order valence-electron chi connectivity index (χ0n) is 18.6. The van der Waals surface area contributed by atoms with E-state index in [4.69, 9.17) is 0 Å². The van der Waals surface area contributed by atoms with Gasteiger partial charge in [-0.1, -0.05) is 36.4 Å². The minimum absolute atomic E-state index is 0.195. The van der Waals surface area contributed by atoms with E-state index in [2.05, 4.69) is 10.4 Å². The number of aromatic nitrogens is 3. The molecule has 2 heterocycles. The van der Waals surface area contributed by atoms with Gasteiger partial charge in [-0.05, 0) is 44.9 Å². The summed E-state index contributed by atoms with van der Waals surface area (Å²) < 4.78 is 17.3. The summed E-state index contributed by atoms with van der Waals surface area (Å²) in [5.74, 6) is -0.612. The number of para-hydroxylation sites is 1. The number of nitrogens with zero attached hydrogens (tertiary/aromatic N) is 3. The van der Waals surface area contributed by atoms with Gasteiger partial charge in [0, 0.05) is 28.0 Å². The van der Waals surface area contributed by atoms with Crippen molar-refractivity contribution in [2.45, 2.75) is 40.8 Å². The molecule has 0 bridgehead atoms. The number of carbonyl (C=O) groups is 1. The molecule has 2 aromatic carbocycles. The van der Waals surface area contributed by atoms with Crippen molar-refractivity contribution in [2.75, 3.05) is 5.32 Å². The number of benzene rings is 2. The van der Waals surface area contributed by atoms with Gasteiger partial charge in [0.1, 0.15) is 12.4 Å². The van der Waals surface area contributed by atoms with Crippen LogP contribution in [0.25, 0.3) is 10.8 Å². The van der Waals surface area contributed by atoms with Gasteiger partial charge in [0.05, 0.1) is 18.1 Å². The fourth-order valence-corrected chi connectivity index (χ4v) is 4.12. The van der Waals surface area contributed by atoms with Gasteiger partial charge in [-0.2, -0.15) is 5.10 Å². The largest absolute Gasteiger partial charge is 0.343 e. The van der Waals surface area contributed by atoms with Crippen LogP contribution < -0.4 is 10.9 Å². The van der Waals surface area contributed by atoms with Crippen LogP contribution in [0.1, 0.15) is 28.1 Å². The number of hydrogen-bond donors (Lipinski definition) is 1. The molecular weight excluding hydrogens is 407 g/mol. The van der Waals surface area contributed by atoms with E-state index in [1.54, 1.807) is 24.4 Å². The minimum atomic E-state index is -0.341. The minimum Gasteiger partial charge on any atom is -0.343 e. The third-order valence-corrected chi connectivity index (χ3v) is 5.93. The molecule has 7 heteroatoms. The van der Waals surface area contributed by atoms with Crippen molar-refractivity contribution in [3.05, 3.63) is 92.9 Å². The molecule has 4 rings (SSSR count). The van der Waals surface area contributed by atoms with E-state index in [0.717, 1.165) is 28.2 Å². The van der Waals surface area contributed by atoms with Gasteiger partial charge in [0.25, 0.3) is 5.56 Å². The highest BCUT2D eigenvalue weighted by Crippen LogP contribution is 2.24. The molecular formula is C25H25FN4O2. The van der Waals surface area contributed by atoms with E-state index in [0.29, 0.717) is 22.9 Å². The zero-order valence-corrected chi connectivity index (χ0v) is 18.6. The summed E-state index contributed by atoms with van der Waals surface area (Å²) in [6, 6.07) is 12.4. The normalized spacial score (nSPS) is 11.2. The highest BCUT2D eigenvalue weighted by molar-refractivity contribution is 5.92. The Morgan fingerprint density at radius 1 is 1.00 bits per heavy atom. The topological polar surface area (TPSA) is 68.9 Å². The zero-order chi connectivity index (χ0) is 23.0. The molecule has 0 unspecified atom stereocenters. The summed E-state index contributed by atoms with van der Waals surface area (Å²) in [6.07, 6.45) is 1.60. The van der Waals surface area contributed by atoms with Gasteiger partial charge in [0.15, 0.2) is 0 Å². The summed E-state index contributed by atoms with van der Waals surface area (Å²) in [5, 5.41) is 8.31. The molecule has 0 saturated heterocycles. The Hall–Kier alpha value is -3.74. The summed E-state index contributed by atoms with van der Waals surface area (Å²) in [6.45, 7) is 7.67. The van der Waals surface area contributed by atoms with E-state index in [-0.39, 0.29) is 23.8 Å². The van der Waals surface area contributed by atoms with E-state index >= 15 is 0 Å². The molecule has 0 atom stereocenters. The second-order valence-corrected chi connectivity index (χ2v) is 8.06. The lowest BCUT2D eigenvalue weighted by atomic mass is 10.1. The van der Waals surface area contributed by atoms with E-state index < -0.39 is 0 Å². The number of carbonyl (C=O) groups excluding carboxylic acids is 1. The van der Waals surface area contributed by atoms with Gasteiger partial charge in [-0.3, -0.25) is 9.59 Å². The number of rotatable bonds is 5. The van der Waals surface area contributed by atoms with Gasteiger partial charge < -0.3 is 9.88 Å². The van der Waals surface area contributed by atoms with Crippen LogP contribution in [0, 0.1) is 33.5 Å². The maximum absolute atomic E-state index is 14.2. The van der Waals surface area contributed by atoms with Crippen LogP contribution in [-0.2, 0) is 17.9 Å². The maximum Gasteiger partial charge on any atom is 0.276 e. The molecule has 0 radical (unpaired) electrons. The summed E-state index contributed by atoms with van der Waals surface area (Å²) in [7, 11) is 0. The SMILES string of the molecule is Cc1cccc(C)c1NC(=O)Cn1ncc2c(C)n(Cc3ccccc3F)c(C)c2c1=O. The molecule has 164 valence electrons. The number of anilines is 1. The number of aryl methyl sites for hydroxylation is 4. The van der Waals surface area contributed by atoms with Crippen LogP contribution in [0.4, 0.5) is 10.1 Å². The van der Waals surface area contributed by atoms with Gasteiger partial charge in [-0.15, -0.1) is 0 Å². The molecule has 0 aliphatic heterocycles.